The summed E-state index contributed by atoms with van der Waals surface area (Å²) in [5, 5.41) is 2.60. The number of rotatable bonds is 2. The molecule has 1 aliphatic heterocycles. The van der Waals surface area contributed by atoms with Gasteiger partial charge in [0, 0.05) is 37.6 Å². The van der Waals surface area contributed by atoms with E-state index >= 15 is 0 Å². The Morgan fingerprint density at radius 1 is 1.19 bits per heavy atom. The molecule has 1 unspecified atom stereocenters. The maximum Gasteiger partial charge on any atom is 0.416 e. The lowest BCUT2D eigenvalue weighted by molar-refractivity contribution is -0.137. The summed E-state index contributed by atoms with van der Waals surface area (Å²) in [4.78, 5) is 19.8. The Balaban J connectivity index is 1.62. The summed E-state index contributed by atoms with van der Waals surface area (Å²) in [7, 11) is 0. The molecule has 1 atom stereocenters. The zero-order chi connectivity index (χ0) is 19.6. The van der Waals surface area contributed by atoms with Crippen molar-refractivity contribution in [2.45, 2.75) is 19.1 Å². The molecule has 3 rings (SSSR count). The molecule has 0 spiro atoms. The molecule has 2 aromatic rings. The summed E-state index contributed by atoms with van der Waals surface area (Å²) >= 11 is 0. The molecule has 2 heterocycles. The number of carbonyl (C=O) groups is 1. The van der Waals surface area contributed by atoms with E-state index in [4.69, 9.17) is 0 Å². The number of aromatic nitrogens is 1. The fraction of sp³-hybridized carbons (Fsp3) is 0.333. The van der Waals surface area contributed by atoms with E-state index in [0.29, 0.717) is 19.6 Å². The first-order valence-corrected chi connectivity index (χ1v) is 8.36. The Morgan fingerprint density at radius 2 is 1.89 bits per heavy atom. The molecule has 1 fully saturated rings. The summed E-state index contributed by atoms with van der Waals surface area (Å²) in [5.74, 6) is -0.181. The molecular weight excluding hydrogens is 364 g/mol. The molecule has 9 heteroatoms. The number of benzene rings is 1. The number of piperazine rings is 1. The highest BCUT2D eigenvalue weighted by Crippen LogP contribution is 2.30. The molecule has 144 valence electrons. The highest BCUT2D eigenvalue weighted by molar-refractivity contribution is 5.89. The molecule has 0 aliphatic carbocycles. The van der Waals surface area contributed by atoms with Gasteiger partial charge in [-0.05, 0) is 43.3 Å². The van der Waals surface area contributed by atoms with Crippen molar-refractivity contribution < 1.29 is 22.4 Å². The standard InChI is InChI=1S/C18H18F4N4O/c1-12-11-25(16-15(19)3-2-8-23-16)9-10-26(12)17(27)24-14-6-4-13(5-7-14)18(20,21)22/h2-8,12H,9-11H2,1H3,(H,24,27). The number of anilines is 2. The second-order valence-corrected chi connectivity index (χ2v) is 6.30. The lowest BCUT2D eigenvalue weighted by Gasteiger charge is -2.40. The van der Waals surface area contributed by atoms with Crippen LogP contribution in [0.25, 0.3) is 0 Å². The van der Waals surface area contributed by atoms with Crippen LogP contribution in [0.4, 0.5) is 33.9 Å². The van der Waals surface area contributed by atoms with Crippen LogP contribution in [0.5, 0.6) is 0 Å². The first-order chi connectivity index (χ1) is 12.8. The predicted molar refractivity (Wildman–Crippen MR) is 93.0 cm³/mol. The second kappa shape index (κ2) is 7.42. The molecular formula is C18H18F4N4O. The van der Waals surface area contributed by atoms with E-state index in [2.05, 4.69) is 10.3 Å². The van der Waals surface area contributed by atoms with Gasteiger partial charge in [-0.25, -0.2) is 14.2 Å². The van der Waals surface area contributed by atoms with E-state index in [1.54, 1.807) is 9.80 Å². The molecule has 1 aromatic carbocycles. The van der Waals surface area contributed by atoms with Gasteiger partial charge in [0.2, 0.25) is 0 Å². The van der Waals surface area contributed by atoms with Crippen molar-refractivity contribution in [2.75, 3.05) is 29.9 Å². The number of pyridine rings is 1. The summed E-state index contributed by atoms with van der Waals surface area (Å²) in [6.07, 6.45) is -2.92. The molecule has 1 aromatic heterocycles. The number of alkyl halides is 3. The van der Waals surface area contributed by atoms with Gasteiger partial charge < -0.3 is 15.1 Å². The minimum atomic E-state index is -4.42. The van der Waals surface area contributed by atoms with Crippen molar-refractivity contribution in [1.29, 1.82) is 0 Å². The molecule has 2 amide bonds. The summed E-state index contributed by atoms with van der Waals surface area (Å²) in [6, 6.07) is 6.46. The van der Waals surface area contributed by atoms with Crippen molar-refractivity contribution in [3.8, 4) is 0 Å². The zero-order valence-corrected chi connectivity index (χ0v) is 14.5. The Bertz CT molecular complexity index is 810. The van der Waals surface area contributed by atoms with Gasteiger partial charge in [-0.3, -0.25) is 0 Å². The van der Waals surface area contributed by atoms with Crippen molar-refractivity contribution >= 4 is 17.5 Å². The van der Waals surface area contributed by atoms with E-state index in [9.17, 15) is 22.4 Å². The quantitative estimate of drug-likeness (QED) is 0.800. The summed E-state index contributed by atoms with van der Waals surface area (Å²) in [5.41, 5.74) is -0.502. The van der Waals surface area contributed by atoms with Crippen molar-refractivity contribution in [3.05, 3.63) is 54.0 Å². The van der Waals surface area contributed by atoms with Crippen LogP contribution in [0, 0.1) is 5.82 Å². The smallest absolute Gasteiger partial charge is 0.350 e. The van der Waals surface area contributed by atoms with Crippen LogP contribution in [0.1, 0.15) is 12.5 Å². The third kappa shape index (κ3) is 4.29. The third-order valence-corrected chi connectivity index (χ3v) is 4.39. The number of halogens is 4. The number of hydrogen-bond donors (Lipinski definition) is 1. The minimum absolute atomic E-state index is 0.227. The number of nitrogens with one attached hydrogen (secondary N) is 1. The maximum absolute atomic E-state index is 13.9. The number of hydrogen-bond acceptors (Lipinski definition) is 3. The van der Waals surface area contributed by atoms with Gasteiger partial charge in [0.25, 0.3) is 0 Å². The van der Waals surface area contributed by atoms with Crippen molar-refractivity contribution in [1.82, 2.24) is 9.88 Å². The van der Waals surface area contributed by atoms with E-state index in [1.165, 1.54) is 30.5 Å². The summed E-state index contributed by atoms with van der Waals surface area (Å²) in [6.45, 7) is 2.95. The molecule has 0 bridgehead atoms. The minimum Gasteiger partial charge on any atom is -0.350 e. The van der Waals surface area contributed by atoms with Crippen LogP contribution in [0.15, 0.2) is 42.6 Å². The largest absolute Gasteiger partial charge is 0.416 e. The topological polar surface area (TPSA) is 48.5 Å². The van der Waals surface area contributed by atoms with Crippen LogP contribution < -0.4 is 10.2 Å². The van der Waals surface area contributed by atoms with Gasteiger partial charge in [0.15, 0.2) is 11.6 Å². The molecule has 0 saturated carbocycles. The van der Waals surface area contributed by atoms with Gasteiger partial charge in [0.1, 0.15) is 0 Å². The van der Waals surface area contributed by atoms with Gasteiger partial charge in [-0.15, -0.1) is 0 Å². The van der Waals surface area contributed by atoms with Crippen LogP contribution in [-0.2, 0) is 6.18 Å². The number of urea groups is 1. The molecule has 0 radical (unpaired) electrons. The maximum atomic E-state index is 13.9. The van der Waals surface area contributed by atoms with Crippen molar-refractivity contribution in [3.63, 3.8) is 0 Å². The van der Waals surface area contributed by atoms with Gasteiger partial charge in [0.05, 0.1) is 5.56 Å². The van der Waals surface area contributed by atoms with Crippen LogP contribution in [-0.4, -0.2) is 41.6 Å². The fourth-order valence-electron chi connectivity index (χ4n) is 3.00. The van der Waals surface area contributed by atoms with Gasteiger partial charge in [-0.2, -0.15) is 13.2 Å². The van der Waals surface area contributed by atoms with Crippen LogP contribution in [0.3, 0.4) is 0 Å². The molecule has 27 heavy (non-hydrogen) atoms. The number of carbonyl (C=O) groups excluding carboxylic acids is 1. The Kier molecular flexibility index (Phi) is 5.20. The Morgan fingerprint density at radius 3 is 2.48 bits per heavy atom. The average Bonchev–Trinajstić information content (AvgIpc) is 2.61. The van der Waals surface area contributed by atoms with Crippen LogP contribution >= 0.6 is 0 Å². The fourth-order valence-corrected chi connectivity index (χ4v) is 3.00. The third-order valence-electron chi connectivity index (χ3n) is 4.39. The normalized spacial score (nSPS) is 17.7. The molecule has 1 aliphatic rings. The van der Waals surface area contributed by atoms with Crippen molar-refractivity contribution in [2.24, 2.45) is 0 Å². The zero-order valence-electron chi connectivity index (χ0n) is 14.5. The Labute approximate surface area is 153 Å². The first-order valence-electron chi connectivity index (χ1n) is 8.36. The predicted octanol–water partition coefficient (Wildman–Crippen LogP) is 3.98. The molecule has 1 saturated heterocycles. The lowest BCUT2D eigenvalue weighted by atomic mass is 10.2. The SMILES string of the molecule is CC1CN(c2ncccc2F)CCN1C(=O)Nc1ccc(C(F)(F)F)cc1. The van der Waals surface area contributed by atoms with Gasteiger partial charge in [-0.1, -0.05) is 0 Å². The highest BCUT2D eigenvalue weighted by Gasteiger charge is 2.31. The second-order valence-electron chi connectivity index (χ2n) is 6.30. The van der Waals surface area contributed by atoms with Gasteiger partial charge >= 0.3 is 12.2 Å². The van der Waals surface area contributed by atoms with E-state index < -0.39 is 23.6 Å². The van der Waals surface area contributed by atoms with E-state index in [-0.39, 0.29) is 17.5 Å². The average molecular weight is 382 g/mol. The Hall–Kier alpha value is -2.84. The lowest BCUT2D eigenvalue weighted by Crippen LogP contribution is -2.55. The van der Waals surface area contributed by atoms with E-state index in [1.807, 2.05) is 6.92 Å². The number of amides is 2. The molecule has 5 nitrogen and oxygen atoms in total. The molecule has 1 N–H and O–H groups in total. The number of nitrogens with zero attached hydrogens (tertiary/aromatic N) is 3. The van der Waals surface area contributed by atoms with E-state index in [0.717, 1.165) is 12.1 Å². The summed E-state index contributed by atoms with van der Waals surface area (Å²) < 4.78 is 51.7. The van der Waals surface area contributed by atoms with Crippen LogP contribution in [0.2, 0.25) is 0 Å². The monoisotopic (exact) mass is 382 g/mol. The first kappa shape index (κ1) is 18.9. The highest BCUT2D eigenvalue weighted by atomic mass is 19.4.